The maximum Gasteiger partial charge on any atom is 0.354 e. The predicted octanol–water partition coefficient (Wildman–Crippen LogP) is 1.34. The van der Waals surface area contributed by atoms with Gasteiger partial charge < -0.3 is 9.47 Å². The van der Waals surface area contributed by atoms with Crippen molar-refractivity contribution in [1.29, 1.82) is 0 Å². The average Bonchev–Trinajstić information content (AvgIpc) is 2.26. The summed E-state index contributed by atoms with van der Waals surface area (Å²) in [6, 6.07) is 0. The van der Waals surface area contributed by atoms with Crippen molar-refractivity contribution in [3.63, 3.8) is 0 Å². The molecular weight excluding hydrogens is 224 g/mol. The lowest BCUT2D eigenvalue weighted by Gasteiger charge is -2.00. The zero-order valence-electron chi connectivity index (χ0n) is 10.6. The summed E-state index contributed by atoms with van der Waals surface area (Å²) in [7, 11) is 0. The minimum atomic E-state index is -0.514. The third-order valence-electron chi connectivity index (χ3n) is 1.65. The molecule has 96 valence electrons. The Bertz CT molecular complexity index is 334. The Balaban J connectivity index is 4.34. The van der Waals surface area contributed by atoms with Crippen LogP contribution >= 0.6 is 0 Å². The minimum Gasteiger partial charge on any atom is -0.466 e. The zero-order valence-corrected chi connectivity index (χ0v) is 10.6. The van der Waals surface area contributed by atoms with Gasteiger partial charge in [0.15, 0.2) is 0 Å². The zero-order chi connectivity index (χ0) is 13.3. The van der Waals surface area contributed by atoms with E-state index in [2.05, 4.69) is 10.2 Å². The van der Waals surface area contributed by atoms with Gasteiger partial charge in [0, 0.05) is 5.71 Å². The molecule has 0 spiro atoms. The fourth-order valence-electron chi connectivity index (χ4n) is 0.893. The van der Waals surface area contributed by atoms with Crippen LogP contribution in [0, 0.1) is 0 Å². The Kier molecular flexibility index (Phi) is 7.58. The molecule has 0 aliphatic carbocycles. The third-order valence-corrected chi connectivity index (χ3v) is 1.65. The standard InChI is InChI=1S/C11H18N2O4/c1-5-16-10(14)7-8(3)12-13-9(4)11(15)17-6-2/h5-7H2,1-4H3. The van der Waals surface area contributed by atoms with Gasteiger partial charge in [0.25, 0.3) is 0 Å². The van der Waals surface area contributed by atoms with Crippen molar-refractivity contribution in [1.82, 2.24) is 0 Å². The van der Waals surface area contributed by atoms with Crippen LogP contribution in [-0.4, -0.2) is 36.6 Å². The van der Waals surface area contributed by atoms with Crippen LogP contribution in [0.1, 0.15) is 34.1 Å². The lowest BCUT2D eigenvalue weighted by atomic mass is 10.3. The molecule has 0 heterocycles. The number of rotatable bonds is 6. The van der Waals surface area contributed by atoms with Gasteiger partial charge in [-0.3, -0.25) is 4.79 Å². The van der Waals surface area contributed by atoms with Gasteiger partial charge in [-0.05, 0) is 27.7 Å². The van der Waals surface area contributed by atoms with Gasteiger partial charge in [0.2, 0.25) is 0 Å². The van der Waals surface area contributed by atoms with Crippen molar-refractivity contribution in [2.45, 2.75) is 34.1 Å². The first-order chi connectivity index (χ1) is 8.01. The first-order valence-corrected chi connectivity index (χ1v) is 5.41. The Hall–Kier alpha value is -1.72. The summed E-state index contributed by atoms with van der Waals surface area (Å²) < 4.78 is 9.47. The SMILES string of the molecule is CCOC(=O)CC(C)=NN=C(C)C(=O)OCC. The van der Waals surface area contributed by atoms with Gasteiger partial charge in [0.1, 0.15) is 5.71 Å². The Morgan fingerprint density at radius 1 is 1.00 bits per heavy atom. The molecule has 17 heavy (non-hydrogen) atoms. The van der Waals surface area contributed by atoms with E-state index in [4.69, 9.17) is 9.47 Å². The second kappa shape index (κ2) is 8.43. The molecule has 0 saturated heterocycles. The van der Waals surface area contributed by atoms with Gasteiger partial charge in [-0.25, -0.2) is 4.79 Å². The van der Waals surface area contributed by atoms with Crippen LogP contribution < -0.4 is 0 Å². The van der Waals surface area contributed by atoms with Gasteiger partial charge >= 0.3 is 11.9 Å². The fraction of sp³-hybridized carbons (Fsp3) is 0.636. The monoisotopic (exact) mass is 242 g/mol. The molecule has 0 atom stereocenters. The molecule has 0 aromatic carbocycles. The third kappa shape index (κ3) is 7.21. The molecule has 0 aromatic heterocycles. The van der Waals surface area contributed by atoms with E-state index in [1.165, 1.54) is 6.92 Å². The van der Waals surface area contributed by atoms with E-state index in [-0.39, 0.29) is 24.7 Å². The second-order valence-corrected chi connectivity index (χ2v) is 3.22. The van der Waals surface area contributed by atoms with Crippen molar-refractivity contribution >= 4 is 23.4 Å². The van der Waals surface area contributed by atoms with E-state index in [1.54, 1.807) is 20.8 Å². The first-order valence-electron chi connectivity index (χ1n) is 5.41. The molecule has 0 bridgehead atoms. The Morgan fingerprint density at radius 3 is 2.12 bits per heavy atom. The summed E-state index contributed by atoms with van der Waals surface area (Å²) in [5.74, 6) is -0.877. The van der Waals surface area contributed by atoms with Crippen molar-refractivity contribution in [3.05, 3.63) is 0 Å². The van der Waals surface area contributed by atoms with Gasteiger partial charge in [0.05, 0.1) is 19.6 Å². The minimum absolute atomic E-state index is 0.0629. The number of hydrogen-bond acceptors (Lipinski definition) is 6. The molecule has 0 unspecified atom stereocenters. The smallest absolute Gasteiger partial charge is 0.354 e. The Morgan fingerprint density at radius 2 is 1.59 bits per heavy atom. The van der Waals surface area contributed by atoms with Crippen molar-refractivity contribution < 1.29 is 19.1 Å². The van der Waals surface area contributed by atoms with Crippen molar-refractivity contribution in [3.8, 4) is 0 Å². The highest BCUT2D eigenvalue weighted by molar-refractivity contribution is 6.35. The van der Waals surface area contributed by atoms with Crippen LogP contribution in [-0.2, 0) is 19.1 Å². The molecule has 0 fully saturated rings. The van der Waals surface area contributed by atoms with Crippen LogP contribution in [0.3, 0.4) is 0 Å². The summed E-state index contributed by atoms with van der Waals surface area (Å²) in [5.41, 5.74) is 0.627. The van der Waals surface area contributed by atoms with Crippen LogP contribution in [0.4, 0.5) is 0 Å². The predicted molar refractivity (Wildman–Crippen MR) is 64.1 cm³/mol. The second-order valence-electron chi connectivity index (χ2n) is 3.22. The molecule has 6 heteroatoms. The molecule has 0 rings (SSSR count). The lowest BCUT2D eigenvalue weighted by molar-refractivity contribution is -0.141. The van der Waals surface area contributed by atoms with Crippen LogP contribution in [0.2, 0.25) is 0 Å². The molecule has 0 aromatic rings. The summed E-state index contributed by atoms with van der Waals surface area (Å²) in [6.07, 6.45) is 0.0629. The summed E-state index contributed by atoms with van der Waals surface area (Å²) in [4.78, 5) is 22.3. The summed E-state index contributed by atoms with van der Waals surface area (Å²) in [6.45, 7) is 7.19. The van der Waals surface area contributed by atoms with Crippen LogP contribution in [0.15, 0.2) is 10.2 Å². The van der Waals surface area contributed by atoms with Gasteiger partial charge in [-0.15, -0.1) is 5.10 Å². The molecule has 0 saturated carbocycles. The number of ether oxygens (including phenoxy) is 2. The summed E-state index contributed by atoms with van der Waals surface area (Å²) in [5, 5.41) is 7.43. The highest BCUT2D eigenvalue weighted by Crippen LogP contribution is 1.93. The number of esters is 2. The van der Waals surface area contributed by atoms with Crippen LogP contribution in [0.25, 0.3) is 0 Å². The molecule has 6 nitrogen and oxygen atoms in total. The van der Waals surface area contributed by atoms with Crippen molar-refractivity contribution in [2.75, 3.05) is 13.2 Å². The molecule has 0 aliphatic heterocycles. The van der Waals surface area contributed by atoms with E-state index >= 15 is 0 Å². The molecular formula is C11H18N2O4. The van der Waals surface area contributed by atoms with E-state index in [9.17, 15) is 9.59 Å². The van der Waals surface area contributed by atoms with E-state index in [0.29, 0.717) is 12.3 Å². The van der Waals surface area contributed by atoms with Gasteiger partial charge in [-0.2, -0.15) is 5.10 Å². The lowest BCUT2D eigenvalue weighted by Crippen LogP contribution is -2.14. The first kappa shape index (κ1) is 15.3. The van der Waals surface area contributed by atoms with E-state index < -0.39 is 5.97 Å². The maximum absolute atomic E-state index is 11.2. The maximum atomic E-state index is 11.2. The largest absolute Gasteiger partial charge is 0.466 e. The van der Waals surface area contributed by atoms with E-state index in [0.717, 1.165) is 0 Å². The topological polar surface area (TPSA) is 77.3 Å². The molecule has 0 radical (unpaired) electrons. The van der Waals surface area contributed by atoms with E-state index in [1.807, 2.05) is 0 Å². The average molecular weight is 242 g/mol. The van der Waals surface area contributed by atoms with Crippen LogP contribution in [0.5, 0.6) is 0 Å². The highest BCUT2D eigenvalue weighted by atomic mass is 16.5. The number of hydrogen-bond donors (Lipinski definition) is 0. The molecule has 0 N–H and O–H groups in total. The summed E-state index contributed by atoms with van der Waals surface area (Å²) >= 11 is 0. The molecule has 0 amide bonds. The molecule has 0 aliphatic rings. The number of carbonyl (C=O) groups is 2. The number of carbonyl (C=O) groups excluding carboxylic acids is 2. The number of nitrogens with zero attached hydrogens (tertiary/aromatic N) is 2. The van der Waals surface area contributed by atoms with Crippen molar-refractivity contribution in [2.24, 2.45) is 10.2 Å². The highest BCUT2D eigenvalue weighted by Gasteiger charge is 2.07. The van der Waals surface area contributed by atoms with Gasteiger partial charge in [-0.1, -0.05) is 0 Å². The fourth-order valence-corrected chi connectivity index (χ4v) is 0.893. The normalized spacial score (nSPS) is 12.2. The quantitative estimate of drug-likeness (QED) is 0.400. The Labute approximate surface area is 101 Å².